The average Bonchev–Trinajstić information content (AvgIpc) is 3.03. The third kappa shape index (κ3) is 5.38. The summed E-state index contributed by atoms with van der Waals surface area (Å²) in [6.07, 6.45) is 0. The molecule has 130 valence electrons. The molecule has 0 saturated heterocycles. The molecule has 2 aromatic rings. The fourth-order valence-corrected chi connectivity index (χ4v) is 3.58. The number of nitrogens with one attached hydrogen (secondary N) is 2. The van der Waals surface area contributed by atoms with Gasteiger partial charge in [-0.1, -0.05) is 0 Å². The largest absolute Gasteiger partial charge is 0.311 e. The first-order valence-electron chi connectivity index (χ1n) is 7.43. The van der Waals surface area contributed by atoms with Crippen LogP contribution in [0.1, 0.15) is 11.8 Å². The lowest BCUT2D eigenvalue weighted by Gasteiger charge is -2.05. The molecule has 0 aliphatic carbocycles. The van der Waals surface area contributed by atoms with Crippen LogP contribution in [-0.4, -0.2) is 32.2 Å². The van der Waals surface area contributed by atoms with Crippen LogP contribution in [0.2, 0.25) is 0 Å². The number of rotatable bonds is 9. The van der Waals surface area contributed by atoms with Crippen molar-refractivity contribution < 1.29 is 13.3 Å². The fourth-order valence-electron chi connectivity index (χ4n) is 1.98. The number of nitrogens with zero attached hydrogens (tertiary/aromatic N) is 1. The van der Waals surface area contributed by atoms with Gasteiger partial charge in [0.2, 0.25) is 10.0 Å². The van der Waals surface area contributed by atoms with Gasteiger partial charge in [-0.3, -0.25) is 10.1 Å². The van der Waals surface area contributed by atoms with E-state index in [9.17, 15) is 18.5 Å². The Hall–Kier alpha value is -1.81. The number of thiophene rings is 1. The lowest BCUT2D eigenvalue weighted by atomic mass is 10.2. The number of non-ortho nitro benzene ring substituents is 1. The predicted octanol–water partition coefficient (Wildman–Crippen LogP) is 2.35. The van der Waals surface area contributed by atoms with Gasteiger partial charge in [0.15, 0.2) is 0 Å². The van der Waals surface area contributed by atoms with E-state index < -0.39 is 14.9 Å². The van der Waals surface area contributed by atoms with Gasteiger partial charge in [-0.15, -0.1) is 11.3 Å². The maximum Gasteiger partial charge on any atom is 0.269 e. The van der Waals surface area contributed by atoms with E-state index in [0.717, 1.165) is 15.3 Å². The van der Waals surface area contributed by atoms with Crippen LogP contribution in [0, 0.1) is 10.1 Å². The van der Waals surface area contributed by atoms with Crippen LogP contribution in [0.15, 0.2) is 36.4 Å². The van der Waals surface area contributed by atoms with E-state index in [-0.39, 0.29) is 11.4 Å². The van der Waals surface area contributed by atoms with Crippen molar-refractivity contribution in [1.82, 2.24) is 10.0 Å². The summed E-state index contributed by atoms with van der Waals surface area (Å²) in [5, 5.41) is 13.8. The summed E-state index contributed by atoms with van der Waals surface area (Å²) in [7, 11) is -3.14. The van der Waals surface area contributed by atoms with Gasteiger partial charge in [0.1, 0.15) is 0 Å². The second-order valence-corrected chi connectivity index (χ2v) is 8.31. The molecule has 2 rings (SSSR count). The fraction of sp³-hybridized carbons (Fsp3) is 0.333. The number of hydrogen-bond acceptors (Lipinski definition) is 6. The van der Waals surface area contributed by atoms with Crippen molar-refractivity contribution >= 4 is 27.0 Å². The predicted molar refractivity (Wildman–Crippen MR) is 95.6 cm³/mol. The Morgan fingerprint density at radius 2 is 1.83 bits per heavy atom. The van der Waals surface area contributed by atoms with Gasteiger partial charge in [0.25, 0.3) is 5.69 Å². The molecule has 0 fully saturated rings. The number of benzene rings is 1. The second kappa shape index (κ2) is 8.34. The maximum atomic E-state index is 11.3. The molecule has 0 spiro atoms. The van der Waals surface area contributed by atoms with Gasteiger partial charge in [-0.2, -0.15) is 0 Å². The first kappa shape index (κ1) is 18.5. The number of hydrogen-bond donors (Lipinski definition) is 2. The summed E-state index contributed by atoms with van der Waals surface area (Å²) in [5.74, 6) is 0.0799. The van der Waals surface area contributed by atoms with Crippen molar-refractivity contribution in [3.05, 3.63) is 51.4 Å². The van der Waals surface area contributed by atoms with Crippen LogP contribution < -0.4 is 10.0 Å². The molecule has 0 aliphatic heterocycles. The Morgan fingerprint density at radius 1 is 1.12 bits per heavy atom. The summed E-state index contributed by atoms with van der Waals surface area (Å²) in [5.41, 5.74) is 1.01. The third-order valence-electron chi connectivity index (χ3n) is 3.33. The first-order valence-corrected chi connectivity index (χ1v) is 9.90. The topological polar surface area (TPSA) is 101 Å². The molecule has 0 radical (unpaired) electrons. The molecule has 7 nitrogen and oxygen atoms in total. The van der Waals surface area contributed by atoms with Crippen molar-refractivity contribution in [3.63, 3.8) is 0 Å². The number of nitro benzene ring substituents is 1. The highest BCUT2D eigenvalue weighted by Crippen LogP contribution is 2.29. The summed E-state index contributed by atoms with van der Waals surface area (Å²) < 4.78 is 25.1. The van der Waals surface area contributed by atoms with Crippen LogP contribution in [0.4, 0.5) is 5.69 Å². The van der Waals surface area contributed by atoms with Crippen molar-refractivity contribution in [2.45, 2.75) is 13.5 Å². The first-order chi connectivity index (χ1) is 11.4. The zero-order valence-electron chi connectivity index (χ0n) is 13.2. The molecule has 2 N–H and O–H groups in total. The highest BCUT2D eigenvalue weighted by molar-refractivity contribution is 7.89. The van der Waals surface area contributed by atoms with Crippen molar-refractivity contribution in [3.8, 4) is 10.4 Å². The smallest absolute Gasteiger partial charge is 0.269 e. The molecule has 0 bridgehead atoms. The van der Waals surface area contributed by atoms with Gasteiger partial charge >= 0.3 is 0 Å². The van der Waals surface area contributed by atoms with E-state index in [2.05, 4.69) is 10.0 Å². The molecule has 0 unspecified atom stereocenters. The van der Waals surface area contributed by atoms with Crippen molar-refractivity contribution in [2.24, 2.45) is 0 Å². The lowest BCUT2D eigenvalue weighted by molar-refractivity contribution is -0.384. The van der Waals surface area contributed by atoms with Gasteiger partial charge in [-0.05, 0) is 36.8 Å². The summed E-state index contributed by atoms with van der Waals surface area (Å²) in [4.78, 5) is 12.4. The van der Waals surface area contributed by atoms with Gasteiger partial charge in [-0.25, -0.2) is 13.1 Å². The van der Waals surface area contributed by atoms with Gasteiger partial charge < -0.3 is 5.32 Å². The minimum atomic E-state index is -3.14. The third-order valence-corrected chi connectivity index (χ3v) is 5.87. The quantitative estimate of drug-likeness (QED) is 0.401. The number of nitro groups is 1. The Labute approximate surface area is 144 Å². The molecule has 24 heavy (non-hydrogen) atoms. The van der Waals surface area contributed by atoms with E-state index in [1.807, 2.05) is 12.1 Å². The SMILES string of the molecule is CCS(=O)(=O)NCCNCc1ccc(-c2ccc([N+](=O)[O-])cc2)s1. The maximum absolute atomic E-state index is 11.3. The van der Waals surface area contributed by atoms with E-state index >= 15 is 0 Å². The van der Waals surface area contributed by atoms with E-state index in [0.29, 0.717) is 19.6 Å². The van der Waals surface area contributed by atoms with Crippen LogP contribution in [0.5, 0.6) is 0 Å². The molecule has 0 saturated carbocycles. The van der Waals surface area contributed by atoms with Crippen molar-refractivity contribution in [2.75, 3.05) is 18.8 Å². The normalized spacial score (nSPS) is 11.5. The summed E-state index contributed by atoms with van der Waals surface area (Å²) in [6.45, 7) is 3.15. The Morgan fingerprint density at radius 3 is 2.46 bits per heavy atom. The molecule has 1 aromatic heterocycles. The number of sulfonamides is 1. The van der Waals surface area contributed by atoms with Crippen LogP contribution >= 0.6 is 11.3 Å². The molecule has 1 heterocycles. The molecule has 0 aliphatic rings. The van der Waals surface area contributed by atoms with Crippen LogP contribution in [0.3, 0.4) is 0 Å². The van der Waals surface area contributed by atoms with E-state index in [4.69, 9.17) is 0 Å². The molecule has 0 amide bonds. The standard InChI is InChI=1S/C15H19N3O4S2/c1-2-24(21,22)17-10-9-16-11-14-7-8-15(23-14)12-3-5-13(6-4-12)18(19)20/h3-8,16-17H,2,9-11H2,1H3. The van der Waals surface area contributed by atoms with Crippen LogP contribution in [0.25, 0.3) is 10.4 Å². The monoisotopic (exact) mass is 369 g/mol. The van der Waals surface area contributed by atoms with Crippen molar-refractivity contribution in [1.29, 1.82) is 0 Å². The van der Waals surface area contributed by atoms with Crippen LogP contribution in [-0.2, 0) is 16.6 Å². The molecular formula is C15H19N3O4S2. The average molecular weight is 369 g/mol. The zero-order chi connectivity index (χ0) is 17.6. The van der Waals surface area contributed by atoms with Gasteiger partial charge in [0.05, 0.1) is 10.7 Å². The Balaban J connectivity index is 1.84. The van der Waals surface area contributed by atoms with E-state index in [1.165, 1.54) is 12.1 Å². The molecular weight excluding hydrogens is 350 g/mol. The van der Waals surface area contributed by atoms with Gasteiger partial charge in [0, 0.05) is 41.5 Å². The minimum absolute atomic E-state index is 0.0757. The zero-order valence-corrected chi connectivity index (χ0v) is 14.8. The summed E-state index contributed by atoms with van der Waals surface area (Å²) in [6, 6.07) is 10.4. The lowest BCUT2D eigenvalue weighted by Crippen LogP contribution is -2.32. The van der Waals surface area contributed by atoms with E-state index in [1.54, 1.807) is 30.4 Å². The second-order valence-electron chi connectivity index (χ2n) is 5.04. The Bertz CT molecular complexity index is 785. The summed E-state index contributed by atoms with van der Waals surface area (Å²) >= 11 is 1.60. The Kier molecular flexibility index (Phi) is 6.44. The highest BCUT2D eigenvalue weighted by Gasteiger charge is 2.08. The molecule has 0 atom stereocenters. The molecule has 9 heteroatoms. The molecule has 1 aromatic carbocycles. The highest BCUT2D eigenvalue weighted by atomic mass is 32.2. The minimum Gasteiger partial charge on any atom is -0.311 e.